The molecule has 0 atom stereocenters. The van der Waals surface area contributed by atoms with Gasteiger partial charge in [-0.25, -0.2) is 0 Å². The van der Waals surface area contributed by atoms with Crippen LogP contribution in [0.2, 0.25) is 0 Å². The molecule has 1 aromatic carbocycles. The van der Waals surface area contributed by atoms with Gasteiger partial charge in [0.2, 0.25) is 0 Å². The highest BCUT2D eigenvalue weighted by atomic mass is 32.2. The van der Waals surface area contributed by atoms with Crippen molar-refractivity contribution in [1.29, 1.82) is 0 Å². The summed E-state index contributed by atoms with van der Waals surface area (Å²) in [7, 11) is 2.06. The maximum atomic E-state index is 12.4. The smallest absolute Gasteiger partial charge is 0.168 e. The molecule has 1 heterocycles. The zero-order valence-corrected chi connectivity index (χ0v) is 12.9. The van der Waals surface area contributed by atoms with Crippen LogP contribution in [0.1, 0.15) is 43.5 Å². The Hall–Kier alpha value is -0.960. The lowest BCUT2D eigenvalue weighted by Crippen LogP contribution is -2.35. The minimum atomic E-state index is 0.146. The molecule has 0 spiro atoms. The fourth-order valence-electron chi connectivity index (χ4n) is 2.57. The van der Waals surface area contributed by atoms with Crippen LogP contribution in [0.5, 0.6) is 5.75 Å². The first-order valence-corrected chi connectivity index (χ1v) is 8.44. The Bertz CT molecular complexity index is 431. The summed E-state index contributed by atoms with van der Waals surface area (Å²) >= 11 is 0. The summed E-state index contributed by atoms with van der Waals surface area (Å²) in [4.78, 5) is 12.4. The van der Waals surface area contributed by atoms with Crippen LogP contribution < -0.4 is 4.74 Å². The maximum Gasteiger partial charge on any atom is 0.168 e. The van der Waals surface area contributed by atoms with Crippen LogP contribution in [-0.4, -0.2) is 29.1 Å². The molecule has 0 saturated carbocycles. The number of carbonyl (C=O) groups excluding carboxylic acids is 1. The van der Waals surface area contributed by atoms with Crippen molar-refractivity contribution in [2.45, 2.75) is 37.9 Å². The Kier molecular flexibility index (Phi) is 4.56. The first kappa shape index (κ1) is 14.4. The van der Waals surface area contributed by atoms with Gasteiger partial charge >= 0.3 is 0 Å². The maximum absolute atomic E-state index is 12.4. The second kappa shape index (κ2) is 6.00. The van der Waals surface area contributed by atoms with Crippen LogP contribution in [0, 0.1) is 0 Å². The van der Waals surface area contributed by atoms with Crippen LogP contribution in [-0.2, 0) is 10.9 Å². The van der Waals surface area contributed by atoms with E-state index < -0.39 is 0 Å². The standard InChI is InChI=1S/C16H23O2S/c1-16(2,19-10-4-5-11-19)12-15(17)13-6-8-14(18-3)9-7-13/h6-9H,4-5,10-12H2,1-3H3/q+1. The summed E-state index contributed by atoms with van der Waals surface area (Å²) in [5.41, 5.74) is 0.802. The number of carbonyl (C=O) groups is 1. The van der Waals surface area contributed by atoms with E-state index in [2.05, 4.69) is 13.8 Å². The molecule has 0 unspecified atom stereocenters. The van der Waals surface area contributed by atoms with Gasteiger partial charge in [-0.05, 0) is 61.8 Å². The van der Waals surface area contributed by atoms with Crippen LogP contribution >= 0.6 is 0 Å². The largest absolute Gasteiger partial charge is 0.497 e. The van der Waals surface area contributed by atoms with Gasteiger partial charge < -0.3 is 4.74 Å². The monoisotopic (exact) mass is 279 g/mol. The van der Waals surface area contributed by atoms with E-state index in [-0.39, 0.29) is 10.5 Å². The van der Waals surface area contributed by atoms with Crippen LogP contribution in [0.25, 0.3) is 0 Å². The Morgan fingerprint density at radius 1 is 1.21 bits per heavy atom. The minimum absolute atomic E-state index is 0.146. The lowest BCUT2D eigenvalue weighted by atomic mass is 10.0. The van der Waals surface area contributed by atoms with Gasteiger partial charge in [-0.3, -0.25) is 4.79 Å². The molecule has 1 saturated heterocycles. The zero-order chi connectivity index (χ0) is 13.9. The topological polar surface area (TPSA) is 26.3 Å². The lowest BCUT2D eigenvalue weighted by molar-refractivity contribution is 0.0973. The predicted molar refractivity (Wildman–Crippen MR) is 82.4 cm³/mol. The average Bonchev–Trinajstić information content (AvgIpc) is 2.93. The molecular weight excluding hydrogens is 256 g/mol. The van der Waals surface area contributed by atoms with Gasteiger partial charge in [-0.15, -0.1) is 0 Å². The van der Waals surface area contributed by atoms with Gasteiger partial charge in [0.25, 0.3) is 0 Å². The van der Waals surface area contributed by atoms with Crippen LogP contribution in [0.3, 0.4) is 0 Å². The minimum Gasteiger partial charge on any atom is -0.497 e. The molecule has 1 aromatic rings. The van der Waals surface area contributed by atoms with E-state index >= 15 is 0 Å². The van der Waals surface area contributed by atoms with Crippen molar-refractivity contribution in [3.63, 3.8) is 0 Å². The lowest BCUT2D eigenvalue weighted by Gasteiger charge is -2.22. The van der Waals surface area contributed by atoms with Crippen molar-refractivity contribution in [1.82, 2.24) is 0 Å². The molecule has 104 valence electrons. The summed E-state index contributed by atoms with van der Waals surface area (Å²) in [5.74, 6) is 3.67. The molecule has 0 aromatic heterocycles. The fourth-order valence-corrected chi connectivity index (χ4v) is 5.32. The molecule has 0 amide bonds. The van der Waals surface area contributed by atoms with E-state index in [1.807, 2.05) is 24.3 Å². The highest BCUT2D eigenvalue weighted by Gasteiger charge is 2.42. The van der Waals surface area contributed by atoms with Gasteiger partial charge in [-0.1, -0.05) is 0 Å². The van der Waals surface area contributed by atoms with E-state index in [9.17, 15) is 4.79 Å². The van der Waals surface area contributed by atoms with Gasteiger partial charge in [0.1, 0.15) is 22.0 Å². The number of methoxy groups -OCH3 is 1. The van der Waals surface area contributed by atoms with Gasteiger partial charge in [0, 0.05) is 5.56 Å². The summed E-state index contributed by atoms with van der Waals surface area (Å²) in [5, 5.41) is 0. The number of rotatable bonds is 5. The average molecular weight is 279 g/mol. The van der Waals surface area contributed by atoms with Gasteiger partial charge in [0.15, 0.2) is 5.78 Å². The molecule has 1 aliphatic heterocycles. The fraction of sp³-hybridized carbons (Fsp3) is 0.562. The second-order valence-corrected chi connectivity index (χ2v) is 8.60. The first-order valence-electron chi connectivity index (χ1n) is 6.88. The number of hydrogen-bond acceptors (Lipinski definition) is 2. The number of ketones is 1. The van der Waals surface area contributed by atoms with Gasteiger partial charge in [0.05, 0.1) is 13.5 Å². The molecule has 1 fully saturated rings. The summed E-state index contributed by atoms with van der Waals surface area (Å²) in [6, 6.07) is 7.46. The predicted octanol–water partition coefficient (Wildman–Crippen LogP) is 3.46. The highest BCUT2D eigenvalue weighted by Crippen LogP contribution is 2.31. The van der Waals surface area contributed by atoms with Gasteiger partial charge in [-0.2, -0.15) is 0 Å². The highest BCUT2D eigenvalue weighted by molar-refractivity contribution is 7.98. The normalized spacial score (nSPS) is 16.6. The second-order valence-electron chi connectivity index (χ2n) is 5.70. The quantitative estimate of drug-likeness (QED) is 0.609. The van der Waals surface area contributed by atoms with E-state index in [1.54, 1.807) is 7.11 Å². The Balaban J connectivity index is 2.02. The molecule has 0 radical (unpaired) electrons. The van der Waals surface area contributed by atoms with E-state index in [0.717, 1.165) is 11.3 Å². The van der Waals surface area contributed by atoms with Crippen molar-refractivity contribution in [2.24, 2.45) is 0 Å². The summed E-state index contributed by atoms with van der Waals surface area (Å²) < 4.78 is 5.27. The van der Waals surface area contributed by atoms with Crippen molar-refractivity contribution in [2.75, 3.05) is 18.6 Å². The van der Waals surface area contributed by atoms with E-state index in [1.165, 1.54) is 24.3 Å². The number of ether oxygens (including phenoxy) is 1. The molecule has 3 heteroatoms. The molecule has 2 nitrogen and oxygen atoms in total. The van der Waals surface area contributed by atoms with Crippen molar-refractivity contribution < 1.29 is 9.53 Å². The summed E-state index contributed by atoms with van der Waals surface area (Å²) in [6.45, 7) is 4.51. The Morgan fingerprint density at radius 3 is 2.32 bits per heavy atom. The third-order valence-corrected chi connectivity index (χ3v) is 7.08. The SMILES string of the molecule is COc1ccc(C(=O)CC(C)(C)[S+]2CCCC2)cc1. The zero-order valence-electron chi connectivity index (χ0n) is 12.1. The van der Waals surface area contributed by atoms with Crippen LogP contribution in [0.4, 0.5) is 0 Å². The van der Waals surface area contributed by atoms with Crippen LogP contribution in [0.15, 0.2) is 24.3 Å². The Labute approximate surface area is 118 Å². The molecule has 1 aliphatic rings. The molecular formula is C16H23O2S+. The third kappa shape index (κ3) is 3.53. The number of hydrogen-bond donors (Lipinski definition) is 0. The number of benzene rings is 1. The molecule has 0 N–H and O–H groups in total. The van der Waals surface area contributed by atoms with E-state index in [4.69, 9.17) is 4.74 Å². The molecule has 2 rings (SSSR count). The van der Waals surface area contributed by atoms with Crippen molar-refractivity contribution in [3.8, 4) is 5.75 Å². The molecule has 19 heavy (non-hydrogen) atoms. The molecule has 0 bridgehead atoms. The number of Topliss-reactive ketones (excluding diaryl/α,β-unsaturated/α-hetero) is 1. The van der Waals surface area contributed by atoms with E-state index in [0.29, 0.717) is 17.3 Å². The first-order chi connectivity index (χ1) is 9.03. The van der Waals surface area contributed by atoms with Crippen molar-refractivity contribution in [3.05, 3.63) is 29.8 Å². The molecule has 0 aliphatic carbocycles. The third-order valence-electron chi connectivity index (χ3n) is 3.81. The summed E-state index contributed by atoms with van der Waals surface area (Å²) in [6.07, 6.45) is 3.33. The Morgan fingerprint density at radius 2 is 1.79 bits per heavy atom. The van der Waals surface area contributed by atoms with Crippen molar-refractivity contribution >= 4 is 16.7 Å².